The number of nitrogens with one attached hydrogen (secondary N) is 2. The average molecular weight is 459 g/mol. The van der Waals surface area contributed by atoms with Gasteiger partial charge in [0.2, 0.25) is 0 Å². The number of hydrogen-bond donors (Lipinski definition) is 2. The zero-order valence-electron chi connectivity index (χ0n) is 16.8. The largest absolute Gasteiger partial charge is 0.495 e. The molecular weight excluding hydrogens is 436 g/mol. The SMILES string of the molecule is COc1ccccc1NS(=O)(=O)c1cccc(NS(=O)(=O)c2ccc3c(c2)CCC3)c1. The molecule has 0 aromatic heterocycles. The fourth-order valence-electron chi connectivity index (χ4n) is 3.59. The van der Waals surface area contributed by atoms with E-state index < -0.39 is 20.0 Å². The third-order valence-electron chi connectivity index (χ3n) is 5.13. The lowest BCUT2D eigenvalue weighted by molar-refractivity contribution is 0.417. The average Bonchev–Trinajstić information content (AvgIpc) is 3.22. The second kappa shape index (κ2) is 8.24. The Morgan fingerprint density at radius 3 is 2.26 bits per heavy atom. The van der Waals surface area contributed by atoms with Gasteiger partial charge in [-0.3, -0.25) is 9.44 Å². The third-order valence-corrected chi connectivity index (χ3v) is 7.87. The molecule has 31 heavy (non-hydrogen) atoms. The fraction of sp³-hybridized carbons (Fsp3) is 0.182. The first-order valence-corrected chi connectivity index (χ1v) is 12.7. The molecule has 0 radical (unpaired) electrons. The van der Waals surface area contributed by atoms with Gasteiger partial charge in [0.15, 0.2) is 0 Å². The minimum atomic E-state index is -3.96. The Morgan fingerprint density at radius 2 is 1.45 bits per heavy atom. The van der Waals surface area contributed by atoms with E-state index in [2.05, 4.69) is 9.44 Å². The van der Waals surface area contributed by atoms with Crippen LogP contribution >= 0.6 is 0 Å². The van der Waals surface area contributed by atoms with Gasteiger partial charge in [-0.2, -0.15) is 0 Å². The molecule has 0 bridgehead atoms. The van der Waals surface area contributed by atoms with Crippen molar-refractivity contribution in [1.82, 2.24) is 0 Å². The van der Waals surface area contributed by atoms with Gasteiger partial charge in [-0.05, 0) is 72.9 Å². The molecule has 7 nitrogen and oxygen atoms in total. The van der Waals surface area contributed by atoms with Gasteiger partial charge in [-0.25, -0.2) is 16.8 Å². The molecule has 1 aliphatic carbocycles. The highest BCUT2D eigenvalue weighted by Crippen LogP contribution is 2.28. The third kappa shape index (κ3) is 4.52. The van der Waals surface area contributed by atoms with E-state index in [0.717, 1.165) is 24.8 Å². The van der Waals surface area contributed by atoms with Crippen molar-refractivity contribution >= 4 is 31.4 Å². The summed E-state index contributed by atoms with van der Waals surface area (Å²) in [4.78, 5) is 0.0844. The van der Waals surface area contributed by atoms with Gasteiger partial charge in [0.05, 0.1) is 28.3 Å². The van der Waals surface area contributed by atoms with Crippen molar-refractivity contribution in [2.24, 2.45) is 0 Å². The van der Waals surface area contributed by atoms with Crippen LogP contribution in [0.25, 0.3) is 0 Å². The zero-order chi connectivity index (χ0) is 22.1. The van der Waals surface area contributed by atoms with E-state index in [1.54, 1.807) is 36.4 Å². The van der Waals surface area contributed by atoms with Crippen LogP contribution in [0.3, 0.4) is 0 Å². The molecule has 0 saturated heterocycles. The van der Waals surface area contributed by atoms with Crippen LogP contribution in [-0.4, -0.2) is 23.9 Å². The van der Waals surface area contributed by atoms with Gasteiger partial charge in [-0.15, -0.1) is 0 Å². The fourth-order valence-corrected chi connectivity index (χ4v) is 5.80. The first kappa shape index (κ1) is 21.2. The summed E-state index contributed by atoms with van der Waals surface area (Å²) in [6.07, 6.45) is 2.84. The van der Waals surface area contributed by atoms with E-state index >= 15 is 0 Å². The van der Waals surface area contributed by atoms with Crippen molar-refractivity contribution in [2.75, 3.05) is 16.6 Å². The maximum absolute atomic E-state index is 12.8. The van der Waals surface area contributed by atoms with Crippen molar-refractivity contribution in [3.63, 3.8) is 0 Å². The van der Waals surface area contributed by atoms with Gasteiger partial charge in [0.25, 0.3) is 20.0 Å². The quantitative estimate of drug-likeness (QED) is 0.561. The lowest BCUT2D eigenvalue weighted by Crippen LogP contribution is -2.16. The minimum absolute atomic E-state index is 0.0763. The van der Waals surface area contributed by atoms with E-state index in [0.29, 0.717) is 5.75 Å². The summed E-state index contributed by atoms with van der Waals surface area (Å²) in [5.74, 6) is 0.375. The number of aryl methyl sites for hydroxylation is 2. The first-order chi connectivity index (χ1) is 14.8. The Morgan fingerprint density at radius 1 is 0.742 bits per heavy atom. The van der Waals surface area contributed by atoms with E-state index in [1.165, 1.54) is 36.9 Å². The van der Waals surface area contributed by atoms with Crippen LogP contribution < -0.4 is 14.2 Å². The summed E-state index contributed by atoms with van der Waals surface area (Å²) in [5, 5.41) is 0. The maximum Gasteiger partial charge on any atom is 0.262 e. The molecule has 2 N–H and O–H groups in total. The number of ether oxygens (including phenoxy) is 1. The van der Waals surface area contributed by atoms with Crippen molar-refractivity contribution in [3.8, 4) is 5.75 Å². The van der Waals surface area contributed by atoms with Crippen LogP contribution in [0, 0.1) is 0 Å². The summed E-state index contributed by atoms with van der Waals surface area (Å²) < 4.78 is 61.5. The number of rotatable bonds is 7. The lowest BCUT2D eigenvalue weighted by Gasteiger charge is -2.13. The maximum atomic E-state index is 12.8. The molecule has 9 heteroatoms. The highest BCUT2D eigenvalue weighted by atomic mass is 32.2. The number of para-hydroxylation sites is 2. The smallest absolute Gasteiger partial charge is 0.262 e. The molecular formula is C22H22N2O5S2. The molecule has 4 rings (SSSR count). The molecule has 3 aromatic carbocycles. The van der Waals surface area contributed by atoms with E-state index in [1.807, 2.05) is 6.07 Å². The molecule has 0 fully saturated rings. The Hall–Kier alpha value is -3.04. The zero-order valence-corrected chi connectivity index (χ0v) is 18.5. The standard InChI is InChI=1S/C22H22N2O5S2/c1-29-22-11-3-2-10-21(22)24-31(27,28)19-9-5-8-18(15-19)23-30(25,26)20-13-12-16-6-4-7-17(16)14-20/h2-3,5,8-15,23-24H,4,6-7H2,1H3. The highest BCUT2D eigenvalue weighted by Gasteiger charge is 2.21. The second-order valence-electron chi connectivity index (χ2n) is 7.22. The topological polar surface area (TPSA) is 102 Å². The molecule has 0 unspecified atom stereocenters. The Labute approximate surface area is 182 Å². The Bertz CT molecular complexity index is 1340. The van der Waals surface area contributed by atoms with Crippen LogP contribution in [0.2, 0.25) is 0 Å². The Balaban J connectivity index is 1.59. The normalized spacial score (nSPS) is 13.5. The van der Waals surface area contributed by atoms with E-state index in [9.17, 15) is 16.8 Å². The van der Waals surface area contributed by atoms with Gasteiger partial charge >= 0.3 is 0 Å². The van der Waals surface area contributed by atoms with Crippen molar-refractivity contribution in [1.29, 1.82) is 0 Å². The predicted octanol–water partition coefficient (Wildman–Crippen LogP) is 3.79. The van der Waals surface area contributed by atoms with Crippen molar-refractivity contribution in [3.05, 3.63) is 77.9 Å². The summed E-state index contributed by atoms with van der Waals surface area (Å²) in [6.45, 7) is 0. The van der Waals surface area contributed by atoms with Gasteiger partial charge in [-0.1, -0.05) is 24.3 Å². The molecule has 0 amide bonds. The number of anilines is 2. The lowest BCUT2D eigenvalue weighted by atomic mass is 10.1. The minimum Gasteiger partial charge on any atom is -0.495 e. The highest BCUT2D eigenvalue weighted by molar-refractivity contribution is 7.93. The summed E-state index contributed by atoms with van der Waals surface area (Å²) in [7, 11) is -6.37. The number of sulfonamides is 2. The van der Waals surface area contributed by atoms with Crippen LogP contribution in [0.5, 0.6) is 5.75 Å². The first-order valence-electron chi connectivity index (χ1n) is 9.69. The van der Waals surface area contributed by atoms with Crippen molar-refractivity contribution in [2.45, 2.75) is 29.1 Å². The second-order valence-corrected chi connectivity index (χ2v) is 10.6. The summed E-state index contributed by atoms with van der Waals surface area (Å²) in [5.41, 5.74) is 2.66. The monoisotopic (exact) mass is 458 g/mol. The molecule has 1 aliphatic rings. The van der Waals surface area contributed by atoms with Crippen LogP contribution in [-0.2, 0) is 32.9 Å². The predicted molar refractivity (Wildman–Crippen MR) is 120 cm³/mol. The molecule has 162 valence electrons. The summed E-state index contributed by atoms with van der Waals surface area (Å²) in [6, 6.07) is 17.4. The van der Waals surface area contributed by atoms with E-state index in [-0.39, 0.29) is 21.2 Å². The molecule has 0 spiro atoms. The van der Waals surface area contributed by atoms with Crippen LogP contribution in [0.1, 0.15) is 17.5 Å². The number of benzene rings is 3. The molecule has 3 aromatic rings. The van der Waals surface area contributed by atoms with Gasteiger partial charge in [0, 0.05) is 0 Å². The van der Waals surface area contributed by atoms with Gasteiger partial charge < -0.3 is 4.74 Å². The molecule has 0 saturated carbocycles. The summed E-state index contributed by atoms with van der Waals surface area (Å²) >= 11 is 0. The molecule has 0 heterocycles. The molecule has 0 aliphatic heterocycles. The van der Waals surface area contributed by atoms with Gasteiger partial charge in [0.1, 0.15) is 5.75 Å². The van der Waals surface area contributed by atoms with E-state index in [4.69, 9.17) is 4.74 Å². The van der Waals surface area contributed by atoms with Crippen LogP contribution in [0.4, 0.5) is 11.4 Å². The number of methoxy groups -OCH3 is 1. The van der Waals surface area contributed by atoms with Crippen LogP contribution in [0.15, 0.2) is 76.5 Å². The number of fused-ring (bicyclic) bond motifs is 1. The van der Waals surface area contributed by atoms with Crippen molar-refractivity contribution < 1.29 is 21.6 Å². The Kier molecular flexibility index (Phi) is 5.63. The molecule has 0 atom stereocenters. The number of hydrogen-bond acceptors (Lipinski definition) is 5.